The van der Waals surface area contributed by atoms with Crippen LogP contribution in [0.4, 0.5) is 0 Å². The summed E-state index contributed by atoms with van der Waals surface area (Å²) < 4.78 is 33.0. The summed E-state index contributed by atoms with van der Waals surface area (Å²) in [6.45, 7) is 1.89. The molecule has 6 nitrogen and oxygen atoms in total. The molecule has 2 unspecified atom stereocenters. The van der Waals surface area contributed by atoms with Gasteiger partial charge in [-0.25, -0.2) is 8.42 Å². The van der Waals surface area contributed by atoms with Gasteiger partial charge in [-0.3, -0.25) is 4.79 Å². The van der Waals surface area contributed by atoms with Crippen LogP contribution in [0.25, 0.3) is 0 Å². The topological polar surface area (TPSA) is 75.7 Å². The summed E-state index contributed by atoms with van der Waals surface area (Å²) in [5.74, 6) is -0.374. The number of piperidine rings is 1. The van der Waals surface area contributed by atoms with Gasteiger partial charge < -0.3 is 10.1 Å². The predicted octanol–water partition coefficient (Wildman–Crippen LogP) is 1.75. The van der Waals surface area contributed by atoms with Gasteiger partial charge in [0.25, 0.3) is 0 Å². The first kappa shape index (κ1) is 17.8. The number of nitrogens with one attached hydrogen (secondary N) is 1. The molecule has 1 N–H and O–H groups in total. The molecule has 1 aromatic rings. The van der Waals surface area contributed by atoms with Gasteiger partial charge in [-0.1, -0.05) is 22.0 Å². The highest BCUT2D eigenvalue weighted by Crippen LogP contribution is 2.25. The second kappa shape index (κ2) is 7.51. The van der Waals surface area contributed by atoms with Crippen LogP contribution in [-0.4, -0.2) is 51.0 Å². The quantitative estimate of drug-likeness (QED) is 0.810. The maximum atomic E-state index is 12.8. The lowest BCUT2D eigenvalue weighted by atomic mass is 9.98. The van der Waals surface area contributed by atoms with Gasteiger partial charge in [0.1, 0.15) is 0 Å². The van der Waals surface area contributed by atoms with Crippen molar-refractivity contribution in [2.75, 3.05) is 26.3 Å². The largest absolute Gasteiger partial charge is 0.379 e. The summed E-state index contributed by atoms with van der Waals surface area (Å²) in [6, 6.07) is 6.71. The van der Waals surface area contributed by atoms with Crippen molar-refractivity contribution in [1.29, 1.82) is 0 Å². The molecular formula is C16H21BrN2O4S. The molecule has 0 aliphatic carbocycles. The number of sulfonamides is 1. The van der Waals surface area contributed by atoms with Crippen molar-refractivity contribution < 1.29 is 17.9 Å². The van der Waals surface area contributed by atoms with Gasteiger partial charge in [0, 0.05) is 24.2 Å². The Hall–Kier alpha value is -0.960. The van der Waals surface area contributed by atoms with Gasteiger partial charge in [-0.05, 0) is 37.5 Å². The van der Waals surface area contributed by atoms with Crippen LogP contribution in [0.15, 0.2) is 33.6 Å². The van der Waals surface area contributed by atoms with Crippen molar-refractivity contribution in [2.24, 2.45) is 5.92 Å². The predicted molar refractivity (Wildman–Crippen MR) is 93.0 cm³/mol. The molecule has 2 aliphatic rings. The number of hydrogen-bond acceptors (Lipinski definition) is 4. The third kappa shape index (κ3) is 3.99. The van der Waals surface area contributed by atoms with Crippen molar-refractivity contribution in [3.63, 3.8) is 0 Å². The van der Waals surface area contributed by atoms with Crippen molar-refractivity contribution in [3.8, 4) is 0 Å². The number of nitrogens with zero attached hydrogens (tertiary/aromatic N) is 1. The lowest BCUT2D eigenvalue weighted by Crippen LogP contribution is -2.47. The molecule has 2 atom stereocenters. The highest BCUT2D eigenvalue weighted by atomic mass is 79.9. The van der Waals surface area contributed by atoms with Gasteiger partial charge in [0.05, 0.1) is 23.5 Å². The summed E-state index contributed by atoms with van der Waals surface area (Å²) in [4.78, 5) is 12.7. The molecule has 8 heteroatoms. The third-order valence-corrected chi connectivity index (χ3v) is 6.82. The lowest BCUT2D eigenvalue weighted by Gasteiger charge is -2.31. The normalized spacial score (nSPS) is 25.5. The zero-order chi connectivity index (χ0) is 17.2. The van der Waals surface area contributed by atoms with Crippen LogP contribution >= 0.6 is 15.9 Å². The van der Waals surface area contributed by atoms with E-state index in [1.165, 1.54) is 4.31 Å². The minimum Gasteiger partial charge on any atom is -0.379 e. The number of rotatable bonds is 4. The maximum Gasteiger partial charge on any atom is 0.243 e. The Morgan fingerprint density at radius 3 is 2.88 bits per heavy atom. The van der Waals surface area contributed by atoms with Gasteiger partial charge in [-0.2, -0.15) is 4.31 Å². The van der Waals surface area contributed by atoms with Crippen LogP contribution < -0.4 is 5.32 Å². The van der Waals surface area contributed by atoms with E-state index in [2.05, 4.69) is 21.2 Å². The summed E-state index contributed by atoms with van der Waals surface area (Å²) in [7, 11) is -3.58. The molecule has 1 amide bonds. The second-order valence-electron chi connectivity index (χ2n) is 6.23. The number of carbonyl (C=O) groups excluding carboxylic acids is 1. The van der Waals surface area contributed by atoms with E-state index in [9.17, 15) is 13.2 Å². The smallest absolute Gasteiger partial charge is 0.243 e. The van der Waals surface area contributed by atoms with Crippen LogP contribution in [0.5, 0.6) is 0 Å². The van der Waals surface area contributed by atoms with E-state index >= 15 is 0 Å². The molecule has 0 spiro atoms. The first-order valence-corrected chi connectivity index (χ1v) is 10.3. The third-order valence-electron chi connectivity index (χ3n) is 4.46. The van der Waals surface area contributed by atoms with Crippen LogP contribution in [0.2, 0.25) is 0 Å². The average molecular weight is 417 g/mol. The van der Waals surface area contributed by atoms with E-state index in [1.807, 2.05) is 0 Å². The number of benzene rings is 1. The standard InChI is InChI=1S/C16H21BrN2O4S/c17-13-4-1-5-15(9-13)24(21,22)19-7-2-3-12(10-19)16(20)18-14-6-8-23-11-14/h1,4-5,9,12,14H,2-3,6-8,10-11H2,(H,18,20). The summed E-state index contributed by atoms with van der Waals surface area (Å²) in [5, 5.41) is 2.98. The average Bonchev–Trinajstić information content (AvgIpc) is 3.08. The number of carbonyl (C=O) groups is 1. The van der Waals surface area contributed by atoms with Crippen LogP contribution in [-0.2, 0) is 19.6 Å². The van der Waals surface area contributed by atoms with E-state index in [4.69, 9.17) is 4.74 Å². The Bertz CT molecular complexity index is 704. The molecule has 24 heavy (non-hydrogen) atoms. The fraction of sp³-hybridized carbons (Fsp3) is 0.562. The van der Waals surface area contributed by atoms with Gasteiger partial charge in [-0.15, -0.1) is 0 Å². The van der Waals surface area contributed by atoms with Gasteiger partial charge >= 0.3 is 0 Å². The summed E-state index contributed by atoms with van der Waals surface area (Å²) in [6.07, 6.45) is 2.22. The molecule has 2 aliphatic heterocycles. The molecule has 0 bridgehead atoms. The Balaban J connectivity index is 1.69. The Labute approximate surface area is 150 Å². The van der Waals surface area contributed by atoms with Crippen LogP contribution in [0.3, 0.4) is 0 Å². The molecule has 2 saturated heterocycles. The van der Waals surface area contributed by atoms with Crippen LogP contribution in [0, 0.1) is 5.92 Å². The van der Waals surface area contributed by atoms with Crippen molar-refractivity contribution in [2.45, 2.75) is 30.2 Å². The Kier molecular flexibility index (Phi) is 5.59. The number of ether oxygens (including phenoxy) is 1. The van der Waals surface area contributed by atoms with E-state index in [0.29, 0.717) is 32.6 Å². The van der Waals surface area contributed by atoms with Gasteiger partial charge in [0.2, 0.25) is 15.9 Å². The summed E-state index contributed by atoms with van der Waals surface area (Å²) >= 11 is 3.30. The fourth-order valence-corrected chi connectivity index (χ4v) is 5.24. The van der Waals surface area contributed by atoms with Crippen molar-refractivity contribution in [1.82, 2.24) is 9.62 Å². The molecular weight excluding hydrogens is 396 g/mol. The van der Waals surface area contributed by atoms with Crippen molar-refractivity contribution in [3.05, 3.63) is 28.7 Å². The van der Waals surface area contributed by atoms with E-state index in [-0.39, 0.29) is 29.3 Å². The number of halogens is 1. The molecule has 132 valence electrons. The van der Waals surface area contributed by atoms with Crippen LogP contribution in [0.1, 0.15) is 19.3 Å². The Morgan fingerprint density at radius 2 is 2.17 bits per heavy atom. The van der Waals surface area contributed by atoms with Crippen molar-refractivity contribution >= 4 is 31.9 Å². The number of amides is 1. The molecule has 2 heterocycles. The zero-order valence-corrected chi connectivity index (χ0v) is 15.7. The summed E-state index contributed by atoms with van der Waals surface area (Å²) in [5.41, 5.74) is 0. The monoisotopic (exact) mass is 416 g/mol. The molecule has 1 aromatic carbocycles. The zero-order valence-electron chi connectivity index (χ0n) is 13.3. The fourth-order valence-electron chi connectivity index (χ4n) is 3.12. The van der Waals surface area contributed by atoms with E-state index in [0.717, 1.165) is 10.9 Å². The minimum atomic E-state index is -3.58. The first-order valence-electron chi connectivity index (χ1n) is 8.10. The lowest BCUT2D eigenvalue weighted by molar-refractivity contribution is -0.126. The van der Waals surface area contributed by atoms with E-state index in [1.54, 1.807) is 24.3 Å². The Morgan fingerprint density at radius 1 is 1.33 bits per heavy atom. The molecule has 0 aromatic heterocycles. The minimum absolute atomic E-state index is 0.0505. The molecule has 2 fully saturated rings. The molecule has 0 radical (unpaired) electrons. The maximum absolute atomic E-state index is 12.8. The number of hydrogen-bond donors (Lipinski definition) is 1. The first-order chi connectivity index (χ1) is 11.5. The highest BCUT2D eigenvalue weighted by molar-refractivity contribution is 9.10. The second-order valence-corrected chi connectivity index (χ2v) is 9.08. The van der Waals surface area contributed by atoms with Gasteiger partial charge in [0.15, 0.2) is 0 Å². The van der Waals surface area contributed by atoms with E-state index < -0.39 is 10.0 Å². The SMILES string of the molecule is O=C(NC1CCOC1)C1CCCN(S(=O)(=O)c2cccc(Br)c2)C1. The molecule has 0 saturated carbocycles. The molecule has 3 rings (SSSR count). The highest BCUT2D eigenvalue weighted by Gasteiger charge is 2.34.